The van der Waals surface area contributed by atoms with E-state index >= 15 is 0 Å². The third-order valence-corrected chi connectivity index (χ3v) is 3.76. The number of hydrogen-bond acceptors (Lipinski definition) is 2. The molecule has 0 aliphatic heterocycles. The van der Waals surface area contributed by atoms with Crippen LogP contribution in [0, 0.1) is 0 Å². The van der Waals surface area contributed by atoms with E-state index in [9.17, 15) is 9.59 Å². The summed E-state index contributed by atoms with van der Waals surface area (Å²) in [4.78, 5) is 24.1. The molecule has 1 aromatic carbocycles. The Morgan fingerprint density at radius 3 is 2.05 bits per heavy atom. The van der Waals surface area contributed by atoms with E-state index in [1.165, 1.54) is 5.56 Å². The quantitative estimate of drug-likeness (QED) is 0.878. The lowest BCUT2D eigenvalue weighted by molar-refractivity contribution is -0.123. The highest BCUT2D eigenvalue weighted by molar-refractivity contribution is 5.97. The predicted molar refractivity (Wildman–Crippen MR) is 90.0 cm³/mol. The van der Waals surface area contributed by atoms with Gasteiger partial charge in [-0.05, 0) is 43.4 Å². The SMILES string of the molecule is CCC(C)NC(=O)C(C)NC(=O)c1ccc(C(C)(C)C)cc1. The van der Waals surface area contributed by atoms with Gasteiger partial charge in [0.05, 0.1) is 0 Å². The Labute approximate surface area is 133 Å². The van der Waals surface area contributed by atoms with Gasteiger partial charge in [0.15, 0.2) is 0 Å². The fraction of sp³-hybridized carbons (Fsp3) is 0.556. The van der Waals surface area contributed by atoms with E-state index in [1.54, 1.807) is 19.1 Å². The van der Waals surface area contributed by atoms with Crippen molar-refractivity contribution < 1.29 is 9.59 Å². The molecule has 0 spiro atoms. The fourth-order valence-corrected chi connectivity index (χ4v) is 1.94. The van der Waals surface area contributed by atoms with Crippen LogP contribution in [0.5, 0.6) is 0 Å². The van der Waals surface area contributed by atoms with Crippen molar-refractivity contribution in [1.82, 2.24) is 10.6 Å². The van der Waals surface area contributed by atoms with E-state index in [-0.39, 0.29) is 23.3 Å². The minimum Gasteiger partial charge on any atom is -0.352 e. The first-order valence-electron chi connectivity index (χ1n) is 7.87. The van der Waals surface area contributed by atoms with Crippen molar-refractivity contribution in [3.63, 3.8) is 0 Å². The Hall–Kier alpha value is -1.84. The molecule has 1 rings (SSSR count). The largest absolute Gasteiger partial charge is 0.352 e. The molecule has 2 N–H and O–H groups in total. The lowest BCUT2D eigenvalue weighted by Gasteiger charge is -2.20. The highest BCUT2D eigenvalue weighted by atomic mass is 16.2. The number of amides is 2. The number of benzene rings is 1. The lowest BCUT2D eigenvalue weighted by atomic mass is 9.86. The van der Waals surface area contributed by atoms with Gasteiger partial charge in [0, 0.05) is 11.6 Å². The zero-order chi connectivity index (χ0) is 16.9. The maximum atomic E-state index is 12.2. The zero-order valence-corrected chi connectivity index (χ0v) is 14.5. The Balaban J connectivity index is 2.67. The normalized spacial score (nSPS) is 14.1. The van der Waals surface area contributed by atoms with Crippen molar-refractivity contribution in [2.75, 3.05) is 0 Å². The van der Waals surface area contributed by atoms with E-state index in [0.29, 0.717) is 5.56 Å². The summed E-state index contributed by atoms with van der Waals surface area (Å²) in [6.45, 7) is 12.0. The summed E-state index contributed by atoms with van der Waals surface area (Å²) < 4.78 is 0. The monoisotopic (exact) mass is 304 g/mol. The van der Waals surface area contributed by atoms with Crippen LogP contribution < -0.4 is 10.6 Å². The number of rotatable bonds is 5. The molecule has 0 fully saturated rings. The standard InChI is InChI=1S/C18H28N2O2/c1-7-12(2)19-16(21)13(3)20-17(22)14-8-10-15(11-9-14)18(4,5)6/h8-13H,7H2,1-6H3,(H,19,21)(H,20,22). The second-order valence-electron chi connectivity index (χ2n) is 6.84. The molecule has 0 aromatic heterocycles. The average Bonchev–Trinajstić information content (AvgIpc) is 2.46. The van der Waals surface area contributed by atoms with Gasteiger partial charge in [-0.1, -0.05) is 39.8 Å². The van der Waals surface area contributed by atoms with Crippen molar-refractivity contribution >= 4 is 11.8 Å². The van der Waals surface area contributed by atoms with Crippen LogP contribution in [-0.4, -0.2) is 23.9 Å². The molecule has 1 aromatic rings. The summed E-state index contributed by atoms with van der Waals surface area (Å²) in [6.07, 6.45) is 0.862. The van der Waals surface area contributed by atoms with Crippen molar-refractivity contribution in [3.8, 4) is 0 Å². The van der Waals surface area contributed by atoms with Crippen LogP contribution in [0.15, 0.2) is 24.3 Å². The first-order chi connectivity index (χ1) is 10.1. The number of carbonyl (C=O) groups is 2. The van der Waals surface area contributed by atoms with Gasteiger partial charge in [0.25, 0.3) is 5.91 Å². The van der Waals surface area contributed by atoms with Crippen LogP contribution in [0.1, 0.15) is 63.9 Å². The zero-order valence-electron chi connectivity index (χ0n) is 14.5. The summed E-state index contributed by atoms with van der Waals surface area (Å²) in [5.74, 6) is -0.388. The van der Waals surface area contributed by atoms with Crippen LogP contribution in [-0.2, 0) is 10.2 Å². The van der Waals surface area contributed by atoms with Crippen LogP contribution in [0.25, 0.3) is 0 Å². The molecule has 2 unspecified atom stereocenters. The van der Waals surface area contributed by atoms with Gasteiger partial charge in [-0.15, -0.1) is 0 Å². The van der Waals surface area contributed by atoms with Crippen molar-refractivity contribution in [2.45, 2.75) is 65.5 Å². The maximum absolute atomic E-state index is 12.2. The molecule has 0 saturated heterocycles. The third-order valence-electron chi connectivity index (χ3n) is 3.76. The summed E-state index contributed by atoms with van der Waals surface area (Å²) in [6, 6.07) is 7.07. The second-order valence-corrected chi connectivity index (χ2v) is 6.84. The smallest absolute Gasteiger partial charge is 0.251 e. The van der Waals surface area contributed by atoms with Gasteiger partial charge < -0.3 is 10.6 Å². The van der Waals surface area contributed by atoms with Crippen LogP contribution >= 0.6 is 0 Å². The molecule has 0 saturated carbocycles. The maximum Gasteiger partial charge on any atom is 0.251 e. The highest BCUT2D eigenvalue weighted by Crippen LogP contribution is 2.22. The Bertz CT molecular complexity index is 515. The average molecular weight is 304 g/mol. The van der Waals surface area contributed by atoms with Crippen LogP contribution in [0.3, 0.4) is 0 Å². The summed E-state index contributed by atoms with van der Waals surface area (Å²) in [5.41, 5.74) is 1.79. The summed E-state index contributed by atoms with van der Waals surface area (Å²) in [7, 11) is 0. The molecule has 2 amide bonds. The van der Waals surface area contributed by atoms with Crippen LogP contribution in [0.2, 0.25) is 0 Å². The molecule has 0 bridgehead atoms. The highest BCUT2D eigenvalue weighted by Gasteiger charge is 2.18. The molecular formula is C18H28N2O2. The first kappa shape index (κ1) is 18.2. The Morgan fingerprint density at radius 2 is 1.59 bits per heavy atom. The van der Waals surface area contributed by atoms with Crippen LogP contribution in [0.4, 0.5) is 0 Å². The molecule has 0 aliphatic carbocycles. The minimum absolute atomic E-state index is 0.0540. The molecule has 4 heteroatoms. The summed E-state index contributed by atoms with van der Waals surface area (Å²) in [5, 5.41) is 5.59. The molecule has 2 atom stereocenters. The number of carbonyl (C=O) groups excluding carboxylic acids is 2. The van der Waals surface area contributed by atoms with Gasteiger partial charge in [0.1, 0.15) is 6.04 Å². The minimum atomic E-state index is -0.552. The van der Waals surface area contributed by atoms with Crippen molar-refractivity contribution in [3.05, 3.63) is 35.4 Å². The fourth-order valence-electron chi connectivity index (χ4n) is 1.94. The number of hydrogen-bond donors (Lipinski definition) is 2. The first-order valence-corrected chi connectivity index (χ1v) is 7.87. The molecule has 122 valence electrons. The van der Waals surface area contributed by atoms with E-state index in [2.05, 4.69) is 31.4 Å². The molecule has 22 heavy (non-hydrogen) atoms. The van der Waals surface area contributed by atoms with Gasteiger partial charge in [-0.2, -0.15) is 0 Å². The Morgan fingerprint density at radius 1 is 1.05 bits per heavy atom. The van der Waals surface area contributed by atoms with Gasteiger partial charge in [-0.25, -0.2) is 0 Å². The van der Waals surface area contributed by atoms with Gasteiger partial charge in [0.2, 0.25) is 5.91 Å². The molecule has 4 nitrogen and oxygen atoms in total. The van der Waals surface area contributed by atoms with Crippen molar-refractivity contribution in [1.29, 1.82) is 0 Å². The van der Waals surface area contributed by atoms with Gasteiger partial charge >= 0.3 is 0 Å². The molecule has 0 radical (unpaired) electrons. The lowest BCUT2D eigenvalue weighted by Crippen LogP contribution is -2.47. The Kier molecular flexibility index (Phi) is 6.15. The molecule has 0 aliphatic rings. The van der Waals surface area contributed by atoms with E-state index in [0.717, 1.165) is 6.42 Å². The topological polar surface area (TPSA) is 58.2 Å². The van der Waals surface area contributed by atoms with E-state index in [4.69, 9.17) is 0 Å². The second kappa shape index (κ2) is 7.43. The van der Waals surface area contributed by atoms with E-state index < -0.39 is 6.04 Å². The molecule has 0 heterocycles. The predicted octanol–water partition coefficient (Wildman–Crippen LogP) is 3.02. The van der Waals surface area contributed by atoms with E-state index in [1.807, 2.05) is 26.0 Å². The third kappa shape index (κ3) is 5.17. The molecular weight excluding hydrogens is 276 g/mol. The summed E-state index contributed by atoms with van der Waals surface area (Å²) >= 11 is 0. The van der Waals surface area contributed by atoms with Gasteiger partial charge in [-0.3, -0.25) is 9.59 Å². The number of nitrogens with one attached hydrogen (secondary N) is 2. The van der Waals surface area contributed by atoms with Crippen molar-refractivity contribution in [2.24, 2.45) is 0 Å².